The van der Waals surface area contributed by atoms with E-state index in [2.05, 4.69) is 27.5 Å². The second kappa shape index (κ2) is 7.25. The molecule has 126 valence electrons. The topological polar surface area (TPSA) is 50.2 Å². The number of carbonyl (C=O) groups is 1. The fourth-order valence-electron chi connectivity index (χ4n) is 3.52. The number of hydrogen-bond donors (Lipinski definition) is 1. The number of likely N-dealkylation sites (tertiary alicyclic amines) is 1. The van der Waals surface area contributed by atoms with Crippen LogP contribution >= 0.6 is 0 Å². The van der Waals surface area contributed by atoms with Gasteiger partial charge in [0.15, 0.2) is 0 Å². The molecule has 0 aromatic carbocycles. The Morgan fingerprint density at radius 1 is 1.52 bits per heavy atom. The first kappa shape index (κ1) is 16.2. The molecule has 0 unspecified atom stereocenters. The molecule has 0 radical (unpaired) electrons. The highest BCUT2D eigenvalue weighted by atomic mass is 19.1. The van der Waals surface area contributed by atoms with E-state index in [9.17, 15) is 9.18 Å². The zero-order chi connectivity index (χ0) is 16.2. The van der Waals surface area contributed by atoms with E-state index >= 15 is 0 Å². The summed E-state index contributed by atoms with van der Waals surface area (Å²) in [5.74, 6) is 0.448. The standard InChI is InChI=1S/C17H25FN4O/c1-21-10-14(8-20-21)11-22-12-15(18)7-16(22)9-19-17(23)6-13-4-2-3-5-13/h2,4,8,10,13,15-16H,3,5-7,9,11-12H2,1H3,(H,19,23)/t13-,15+,16+/m1/s1. The third-order valence-electron chi connectivity index (χ3n) is 4.72. The zero-order valence-electron chi connectivity index (χ0n) is 13.6. The van der Waals surface area contributed by atoms with Gasteiger partial charge in [-0.15, -0.1) is 0 Å². The van der Waals surface area contributed by atoms with Gasteiger partial charge in [-0.1, -0.05) is 12.2 Å². The highest BCUT2D eigenvalue weighted by Gasteiger charge is 2.32. The van der Waals surface area contributed by atoms with Crippen molar-refractivity contribution in [2.45, 2.75) is 44.4 Å². The second-order valence-electron chi connectivity index (χ2n) is 6.71. The molecule has 0 bridgehead atoms. The Kier molecular flexibility index (Phi) is 5.10. The Balaban J connectivity index is 1.48. The van der Waals surface area contributed by atoms with Crippen molar-refractivity contribution in [2.75, 3.05) is 13.1 Å². The first-order valence-corrected chi connectivity index (χ1v) is 8.39. The first-order chi connectivity index (χ1) is 11.1. The summed E-state index contributed by atoms with van der Waals surface area (Å²) in [6, 6.07) is 0.0632. The molecule has 1 aliphatic heterocycles. The summed E-state index contributed by atoms with van der Waals surface area (Å²) in [6.45, 7) is 1.64. The van der Waals surface area contributed by atoms with Crippen molar-refractivity contribution in [3.63, 3.8) is 0 Å². The van der Waals surface area contributed by atoms with Crippen molar-refractivity contribution in [1.29, 1.82) is 0 Å². The van der Waals surface area contributed by atoms with Crippen molar-refractivity contribution < 1.29 is 9.18 Å². The molecule has 1 aliphatic carbocycles. The molecule has 3 rings (SSSR count). The zero-order valence-corrected chi connectivity index (χ0v) is 13.6. The Labute approximate surface area is 136 Å². The van der Waals surface area contributed by atoms with Crippen LogP contribution in [0, 0.1) is 5.92 Å². The van der Waals surface area contributed by atoms with Gasteiger partial charge in [0.25, 0.3) is 0 Å². The number of nitrogens with one attached hydrogen (secondary N) is 1. The number of alkyl halides is 1. The molecular weight excluding hydrogens is 295 g/mol. The van der Waals surface area contributed by atoms with Crippen molar-refractivity contribution in [1.82, 2.24) is 20.0 Å². The molecule has 2 aliphatic rings. The van der Waals surface area contributed by atoms with Crippen molar-refractivity contribution in [3.05, 3.63) is 30.1 Å². The van der Waals surface area contributed by atoms with Crippen LogP contribution in [0.25, 0.3) is 0 Å². The quantitative estimate of drug-likeness (QED) is 0.813. The lowest BCUT2D eigenvalue weighted by Crippen LogP contribution is -2.40. The van der Waals surface area contributed by atoms with Gasteiger partial charge in [-0.2, -0.15) is 5.10 Å². The number of nitrogens with zero attached hydrogens (tertiary/aromatic N) is 3. The maximum atomic E-state index is 13.8. The smallest absolute Gasteiger partial charge is 0.220 e. The normalized spacial score (nSPS) is 27.7. The minimum Gasteiger partial charge on any atom is -0.355 e. The van der Waals surface area contributed by atoms with Crippen molar-refractivity contribution in [3.8, 4) is 0 Å². The van der Waals surface area contributed by atoms with Gasteiger partial charge in [0.1, 0.15) is 6.17 Å². The summed E-state index contributed by atoms with van der Waals surface area (Å²) in [6.07, 6.45) is 10.4. The van der Waals surface area contributed by atoms with Crippen LogP contribution in [0.3, 0.4) is 0 Å². The molecule has 1 aromatic heterocycles. The van der Waals surface area contributed by atoms with E-state index in [1.165, 1.54) is 0 Å². The van der Waals surface area contributed by atoms with Gasteiger partial charge in [-0.25, -0.2) is 4.39 Å². The highest BCUT2D eigenvalue weighted by Crippen LogP contribution is 2.23. The van der Waals surface area contributed by atoms with Crippen molar-refractivity contribution >= 4 is 5.91 Å². The Hall–Kier alpha value is -1.69. The number of allylic oxidation sites excluding steroid dienone is 2. The van der Waals surface area contributed by atoms with E-state index in [-0.39, 0.29) is 11.9 Å². The number of amides is 1. The second-order valence-corrected chi connectivity index (χ2v) is 6.71. The predicted molar refractivity (Wildman–Crippen MR) is 86.4 cm³/mol. The summed E-state index contributed by atoms with van der Waals surface area (Å²) < 4.78 is 15.6. The van der Waals surface area contributed by atoms with Crippen LogP contribution in [0.1, 0.15) is 31.2 Å². The number of hydrogen-bond acceptors (Lipinski definition) is 3. The minimum absolute atomic E-state index is 0.0632. The summed E-state index contributed by atoms with van der Waals surface area (Å²) in [5, 5.41) is 7.15. The molecule has 1 fully saturated rings. The van der Waals surface area contributed by atoms with E-state index in [1.54, 1.807) is 4.68 Å². The van der Waals surface area contributed by atoms with Gasteiger partial charge in [-0.3, -0.25) is 14.4 Å². The van der Waals surface area contributed by atoms with Crippen LogP contribution in [0.2, 0.25) is 0 Å². The van der Waals surface area contributed by atoms with Crippen LogP contribution < -0.4 is 5.32 Å². The lowest BCUT2D eigenvalue weighted by atomic mass is 10.0. The van der Waals surface area contributed by atoms with E-state index in [4.69, 9.17) is 0 Å². The molecular formula is C17H25FN4O. The van der Waals surface area contributed by atoms with Crippen molar-refractivity contribution in [2.24, 2.45) is 13.0 Å². The molecule has 1 N–H and O–H groups in total. The SMILES string of the molecule is Cn1cc(CN2C[C@@H](F)C[C@H]2CNC(=O)C[C@@H]2C=CCC2)cn1. The average molecular weight is 320 g/mol. The van der Waals surface area contributed by atoms with E-state index in [0.717, 1.165) is 18.4 Å². The van der Waals surface area contributed by atoms with Crippen LogP contribution in [-0.4, -0.2) is 45.9 Å². The molecule has 0 spiro atoms. The van der Waals surface area contributed by atoms with Crippen LogP contribution in [0.5, 0.6) is 0 Å². The molecule has 1 saturated heterocycles. The average Bonchev–Trinajstić information content (AvgIpc) is 3.21. The molecule has 0 saturated carbocycles. The lowest BCUT2D eigenvalue weighted by Gasteiger charge is -2.24. The number of aromatic nitrogens is 2. The highest BCUT2D eigenvalue weighted by molar-refractivity contribution is 5.76. The predicted octanol–water partition coefficient (Wildman–Crippen LogP) is 1.80. The van der Waals surface area contributed by atoms with Crippen LogP contribution in [0.4, 0.5) is 4.39 Å². The van der Waals surface area contributed by atoms with E-state index < -0.39 is 6.17 Å². The molecule has 3 atom stereocenters. The maximum absolute atomic E-state index is 13.8. The molecule has 2 heterocycles. The Morgan fingerprint density at radius 2 is 2.39 bits per heavy atom. The van der Waals surface area contributed by atoms with Crippen LogP contribution in [-0.2, 0) is 18.4 Å². The summed E-state index contributed by atoms with van der Waals surface area (Å²) in [4.78, 5) is 14.1. The Morgan fingerprint density at radius 3 is 3.09 bits per heavy atom. The number of aryl methyl sites for hydroxylation is 1. The summed E-state index contributed by atoms with van der Waals surface area (Å²) >= 11 is 0. The van der Waals surface area contributed by atoms with Gasteiger partial charge < -0.3 is 5.32 Å². The first-order valence-electron chi connectivity index (χ1n) is 8.39. The number of carbonyl (C=O) groups excluding carboxylic acids is 1. The molecule has 6 heteroatoms. The number of rotatable bonds is 6. The molecule has 1 aromatic rings. The molecule has 1 amide bonds. The van der Waals surface area contributed by atoms with Gasteiger partial charge >= 0.3 is 0 Å². The van der Waals surface area contributed by atoms with Gasteiger partial charge in [0.05, 0.1) is 6.20 Å². The van der Waals surface area contributed by atoms with E-state index in [1.807, 2.05) is 19.4 Å². The summed E-state index contributed by atoms with van der Waals surface area (Å²) in [5.41, 5.74) is 1.08. The summed E-state index contributed by atoms with van der Waals surface area (Å²) in [7, 11) is 1.88. The fourth-order valence-corrected chi connectivity index (χ4v) is 3.52. The van der Waals surface area contributed by atoms with Gasteiger partial charge in [0.2, 0.25) is 5.91 Å². The maximum Gasteiger partial charge on any atom is 0.220 e. The molecule has 5 nitrogen and oxygen atoms in total. The largest absolute Gasteiger partial charge is 0.355 e. The minimum atomic E-state index is -0.814. The van der Waals surface area contributed by atoms with Gasteiger partial charge in [-0.05, 0) is 25.2 Å². The Bertz CT molecular complexity index is 571. The third-order valence-corrected chi connectivity index (χ3v) is 4.72. The van der Waals surface area contributed by atoms with Crippen LogP contribution in [0.15, 0.2) is 24.5 Å². The monoisotopic (exact) mass is 320 g/mol. The third kappa shape index (κ3) is 4.41. The molecule has 23 heavy (non-hydrogen) atoms. The number of halogens is 1. The lowest BCUT2D eigenvalue weighted by molar-refractivity contribution is -0.121. The fraction of sp³-hybridized carbons (Fsp3) is 0.647. The van der Waals surface area contributed by atoms with E-state index in [0.29, 0.717) is 38.4 Å². The van der Waals surface area contributed by atoms with Gasteiger partial charge in [0, 0.05) is 50.9 Å².